The lowest BCUT2D eigenvalue weighted by Gasteiger charge is -2.10. The van der Waals surface area contributed by atoms with Crippen LogP contribution in [-0.2, 0) is 34.8 Å². The van der Waals surface area contributed by atoms with Gasteiger partial charge in [0.1, 0.15) is 5.82 Å². The number of rotatable bonds is 8. The van der Waals surface area contributed by atoms with Crippen molar-refractivity contribution in [3.8, 4) is 0 Å². The Morgan fingerprint density at radius 2 is 1.96 bits per heavy atom. The highest BCUT2D eigenvalue weighted by Gasteiger charge is 2.13. The Balaban J connectivity index is 2.16. The molecule has 24 heavy (non-hydrogen) atoms. The summed E-state index contributed by atoms with van der Waals surface area (Å²) in [7, 11) is -0.166. The van der Waals surface area contributed by atoms with Gasteiger partial charge in [-0.3, -0.25) is 4.72 Å². The number of sulfonamides is 1. The molecule has 0 saturated heterocycles. The van der Waals surface area contributed by atoms with E-state index in [9.17, 15) is 12.8 Å². The van der Waals surface area contributed by atoms with E-state index in [1.807, 2.05) is 23.7 Å². The molecule has 0 aliphatic carbocycles. The minimum absolute atomic E-state index is 0.136. The smallest absolute Gasteiger partial charge is 0.234 e. The molecule has 0 aliphatic rings. The number of nitrogens with one attached hydrogen (secondary N) is 1. The SMILES string of the molecule is COCc1ccc(Cc2ccc(NS(=O)(=O)CCO)cc2F)n1C. The van der Waals surface area contributed by atoms with E-state index in [-0.39, 0.29) is 5.69 Å². The van der Waals surface area contributed by atoms with Crippen LogP contribution in [0, 0.1) is 5.82 Å². The zero-order valence-corrected chi connectivity index (χ0v) is 14.4. The fourth-order valence-electron chi connectivity index (χ4n) is 2.37. The number of aromatic nitrogens is 1. The molecule has 8 heteroatoms. The second-order valence-electron chi connectivity index (χ2n) is 5.44. The molecule has 0 fully saturated rings. The average molecular weight is 356 g/mol. The summed E-state index contributed by atoms with van der Waals surface area (Å²) in [6.07, 6.45) is 0.385. The lowest BCUT2D eigenvalue weighted by Crippen LogP contribution is -2.19. The van der Waals surface area contributed by atoms with Crippen molar-refractivity contribution in [3.63, 3.8) is 0 Å². The van der Waals surface area contributed by atoms with Crippen LogP contribution in [-0.4, -0.2) is 37.6 Å². The van der Waals surface area contributed by atoms with E-state index in [1.165, 1.54) is 6.07 Å². The summed E-state index contributed by atoms with van der Waals surface area (Å²) in [5.74, 6) is -0.921. The molecule has 0 radical (unpaired) electrons. The van der Waals surface area contributed by atoms with Crippen LogP contribution in [0.1, 0.15) is 17.0 Å². The third kappa shape index (κ3) is 4.56. The Labute approximate surface area is 140 Å². The highest BCUT2D eigenvalue weighted by Crippen LogP contribution is 2.20. The zero-order valence-electron chi connectivity index (χ0n) is 13.6. The fraction of sp³-hybridized carbons (Fsp3) is 0.375. The minimum Gasteiger partial charge on any atom is -0.395 e. The van der Waals surface area contributed by atoms with E-state index >= 15 is 0 Å². The molecular weight excluding hydrogens is 335 g/mol. The normalized spacial score (nSPS) is 11.7. The van der Waals surface area contributed by atoms with Crippen molar-refractivity contribution in [1.82, 2.24) is 4.57 Å². The molecule has 1 heterocycles. The third-order valence-corrected chi connectivity index (χ3v) is 4.95. The van der Waals surface area contributed by atoms with Crippen LogP contribution in [0.5, 0.6) is 0 Å². The maximum absolute atomic E-state index is 14.3. The summed E-state index contributed by atoms with van der Waals surface area (Å²) in [5, 5.41) is 8.70. The molecule has 0 aliphatic heterocycles. The average Bonchev–Trinajstić information content (AvgIpc) is 2.83. The topological polar surface area (TPSA) is 80.6 Å². The van der Waals surface area contributed by atoms with Crippen LogP contribution in [0.15, 0.2) is 30.3 Å². The Morgan fingerprint density at radius 1 is 1.25 bits per heavy atom. The molecule has 2 rings (SSSR count). The molecule has 132 valence electrons. The molecule has 2 aromatic rings. The summed E-state index contributed by atoms with van der Waals surface area (Å²) in [6, 6.07) is 8.03. The number of hydrogen-bond acceptors (Lipinski definition) is 4. The van der Waals surface area contributed by atoms with Crippen molar-refractivity contribution in [2.24, 2.45) is 7.05 Å². The number of nitrogens with zero attached hydrogens (tertiary/aromatic N) is 1. The number of anilines is 1. The van der Waals surface area contributed by atoms with E-state index < -0.39 is 28.2 Å². The lowest BCUT2D eigenvalue weighted by atomic mass is 10.1. The first-order chi connectivity index (χ1) is 11.4. The Bertz CT molecular complexity index is 802. The maximum atomic E-state index is 14.3. The fourth-order valence-corrected chi connectivity index (χ4v) is 3.20. The van der Waals surface area contributed by atoms with Crippen LogP contribution in [0.2, 0.25) is 0 Å². The number of ether oxygens (including phenoxy) is 1. The Morgan fingerprint density at radius 3 is 2.58 bits per heavy atom. The summed E-state index contributed by atoms with van der Waals surface area (Å²) in [4.78, 5) is 0. The first-order valence-electron chi connectivity index (χ1n) is 7.38. The van der Waals surface area contributed by atoms with Gasteiger partial charge in [0.25, 0.3) is 0 Å². The molecule has 6 nitrogen and oxygen atoms in total. The van der Waals surface area contributed by atoms with Crippen LogP contribution in [0.3, 0.4) is 0 Å². The van der Waals surface area contributed by atoms with Crippen molar-refractivity contribution in [3.05, 3.63) is 53.1 Å². The number of aliphatic hydroxyl groups excluding tert-OH is 1. The van der Waals surface area contributed by atoms with E-state index in [4.69, 9.17) is 9.84 Å². The Hall–Kier alpha value is -1.90. The van der Waals surface area contributed by atoms with Gasteiger partial charge in [0, 0.05) is 32.0 Å². The van der Waals surface area contributed by atoms with Gasteiger partial charge in [-0.1, -0.05) is 6.07 Å². The van der Waals surface area contributed by atoms with Crippen molar-refractivity contribution in [2.75, 3.05) is 24.2 Å². The van der Waals surface area contributed by atoms with E-state index in [0.29, 0.717) is 18.6 Å². The summed E-state index contributed by atoms with van der Waals surface area (Å²) in [6.45, 7) is -0.0161. The number of aliphatic hydroxyl groups is 1. The van der Waals surface area contributed by atoms with Crippen LogP contribution in [0.4, 0.5) is 10.1 Å². The van der Waals surface area contributed by atoms with Gasteiger partial charge in [-0.05, 0) is 29.8 Å². The third-order valence-electron chi connectivity index (χ3n) is 3.68. The lowest BCUT2D eigenvalue weighted by molar-refractivity contribution is 0.179. The van der Waals surface area contributed by atoms with Crippen molar-refractivity contribution >= 4 is 15.7 Å². The highest BCUT2D eigenvalue weighted by atomic mass is 32.2. The molecule has 2 N–H and O–H groups in total. The molecule has 0 unspecified atom stereocenters. The molecule has 1 aromatic heterocycles. The van der Waals surface area contributed by atoms with Gasteiger partial charge in [-0.2, -0.15) is 0 Å². The number of methoxy groups -OCH3 is 1. The van der Waals surface area contributed by atoms with Gasteiger partial charge < -0.3 is 14.4 Å². The number of benzene rings is 1. The van der Waals surface area contributed by atoms with Gasteiger partial charge in [-0.15, -0.1) is 0 Å². The van der Waals surface area contributed by atoms with E-state index in [0.717, 1.165) is 17.5 Å². The maximum Gasteiger partial charge on any atom is 0.234 e. The number of hydrogen-bond donors (Lipinski definition) is 2. The van der Waals surface area contributed by atoms with Gasteiger partial charge in [-0.25, -0.2) is 12.8 Å². The zero-order chi connectivity index (χ0) is 17.7. The predicted octanol–water partition coefficient (Wildman–Crippen LogP) is 1.64. The first-order valence-corrected chi connectivity index (χ1v) is 9.03. The summed E-state index contributed by atoms with van der Waals surface area (Å²) >= 11 is 0. The Kier molecular flexibility index (Phi) is 5.98. The monoisotopic (exact) mass is 356 g/mol. The van der Waals surface area contributed by atoms with Gasteiger partial charge in [0.05, 0.1) is 24.7 Å². The van der Waals surface area contributed by atoms with Crippen LogP contribution in [0.25, 0.3) is 0 Å². The molecule has 0 saturated carbocycles. The standard InChI is InChI=1S/C16H21FN2O4S/c1-19-14(5-6-15(19)11-23-2)9-12-3-4-13(10-16(12)17)18-24(21,22)8-7-20/h3-6,10,18,20H,7-9,11H2,1-2H3. The molecule has 0 spiro atoms. The molecule has 0 atom stereocenters. The van der Waals surface area contributed by atoms with Gasteiger partial charge >= 0.3 is 0 Å². The first kappa shape index (κ1) is 18.4. The van der Waals surface area contributed by atoms with Crippen LogP contribution >= 0.6 is 0 Å². The molecular formula is C16H21FN2O4S. The summed E-state index contributed by atoms with van der Waals surface area (Å²) in [5.41, 5.74) is 2.51. The van der Waals surface area contributed by atoms with Crippen molar-refractivity contribution < 1.29 is 22.7 Å². The van der Waals surface area contributed by atoms with E-state index in [2.05, 4.69) is 4.72 Å². The molecule has 1 aromatic carbocycles. The van der Waals surface area contributed by atoms with Crippen molar-refractivity contribution in [1.29, 1.82) is 0 Å². The van der Waals surface area contributed by atoms with Crippen molar-refractivity contribution in [2.45, 2.75) is 13.0 Å². The minimum atomic E-state index is -3.67. The second-order valence-corrected chi connectivity index (χ2v) is 7.28. The quantitative estimate of drug-likeness (QED) is 0.753. The second kappa shape index (κ2) is 7.78. The highest BCUT2D eigenvalue weighted by molar-refractivity contribution is 7.92. The molecule has 0 amide bonds. The van der Waals surface area contributed by atoms with Gasteiger partial charge in [0.15, 0.2) is 0 Å². The van der Waals surface area contributed by atoms with Crippen LogP contribution < -0.4 is 4.72 Å². The summed E-state index contributed by atoms with van der Waals surface area (Å²) < 4.78 is 46.7. The van der Waals surface area contributed by atoms with E-state index in [1.54, 1.807) is 13.2 Å². The number of halogens is 1. The molecule has 0 bridgehead atoms. The van der Waals surface area contributed by atoms with Gasteiger partial charge in [0.2, 0.25) is 10.0 Å². The largest absolute Gasteiger partial charge is 0.395 e. The predicted molar refractivity (Wildman–Crippen MR) is 89.8 cm³/mol.